The van der Waals surface area contributed by atoms with Crippen molar-refractivity contribution in [2.45, 2.75) is 44.2 Å². The van der Waals surface area contributed by atoms with Gasteiger partial charge in [-0.05, 0) is 55.7 Å². The minimum Gasteiger partial charge on any atom is -0.389 e. The lowest BCUT2D eigenvalue weighted by Crippen LogP contribution is -2.53. The second-order valence-corrected chi connectivity index (χ2v) is 9.57. The number of nitrogens with one attached hydrogen (secondary N) is 3. The van der Waals surface area contributed by atoms with Crippen LogP contribution in [0.5, 0.6) is 0 Å². The van der Waals surface area contributed by atoms with E-state index in [0.29, 0.717) is 30.7 Å². The van der Waals surface area contributed by atoms with E-state index < -0.39 is 30.4 Å². The number of aromatic amines is 1. The van der Waals surface area contributed by atoms with Gasteiger partial charge in [-0.1, -0.05) is 6.42 Å². The number of amides is 3. The van der Waals surface area contributed by atoms with E-state index in [1.54, 1.807) is 23.2 Å². The summed E-state index contributed by atoms with van der Waals surface area (Å²) >= 11 is 0. The van der Waals surface area contributed by atoms with E-state index in [2.05, 4.69) is 20.6 Å². The van der Waals surface area contributed by atoms with Crippen LogP contribution in [-0.4, -0.2) is 75.3 Å². The van der Waals surface area contributed by atoms with Crippen LogP contribution in [0.15, 0.2) is 24.4 Å². The van der Waals surface area contributed by atoms with Gasteiger partial charge in [-0.3, -0.25) is 24.2 Å². The molecule has 34 heavy (non-hydrogen) atoms. The third kappa shape index (κ3) is 4.06. The number of aromatic nitrogens is 2. The smallest absolute Gasteiger partial charge is 0.271 e. The number of hydrogen-bond donors (Lipinski definition) is 4. The summed E-state index contributed by atoms with van der Waals surface area (Å²) in [4.78, 5) is 60.5. The third-order valence-corrected chi connectivity index (χ3v) is 7.58. The summed E-state index contributed by atoms with van der Waals surface area (Å²) < 4.78 is 0. The Hall–Kier alpha value is -3.27. The zero-order valence-corrected chi connectivity index (χ0v) is 18.8. The third-order valence-electron chi connectivity index (χ3n) is 7.58. The maximum atomic E-state index is 13.5. The van der Waals surface area contributed by atoms with Crippen molar-refractivity contribution in [3.8, 4) is 0 Å². The van der Waals surface area contributed by atoms with E-state index in [1.165, 1.54) is 0 Å². The highest BCUT2D eigenvalue weighted by atomic mass is 16.3. The molecule has 5 unspecified atom stereocenters. The van der Waals surface area contributed by atoms with Gasteiger partial charge in [0.15, 0.2) is 5.78 Å². The molecule has 3 fully saturated rings. The van der Waals surface area contributed by atoms with Gasteiger partial charge >= 0.3 is 0 Å². The fourth-order valence-corrected chi connectivity index (χ4v) is 5.87. The fraction of sp³-hybridized carbons (Fsp3) is 0.542. The lowest BCUT2D eigenvalue weighted by atomic mass is 9.92. The van der Waals surface area contributed by atoms with Gasteiger partial charge in [-0.15, -0.1) is 0 Å². The molecular formula is C24H29N5O5. The summed E-state index contributed by atoms with van der Waals surface area (Å²) in [5.41, 5.74) is 1.79. The Kier molecular flexibility index (Phi) is 6.07. The molecule has 2 saturated heterocycles. The number of likely N-dealkylation sites (tertiary alicyclic amines) is 1. The lowest BCUT2D eigenvalue weighted by Gasteiger charge is -2.29. The zero-order valence-electron chi connectivity index (χ0n) is 18.8. The Balaban J connectivity index is 1.38. The molecule has 2 aliphatic heterocycles. The van der Waals surface area contributed by atoms with E-state index >= 15 is 0 Å². The average Bonchev–Trinajstić information content (AvgIpc) is 3.61. The van der Waals surface area contributed by atoms with Crippen LogP contribution in [0.3, 0.4) is 0 Å². The maximum absolute atomic E-state index is 13.5. The number of carbonyl (C=O) groups excluding carboxylic acids is 4. The monoisotopic (exact) mass is 467 g/mol. The number of aliphatic hydroxyl groups excluding tert-OH is 1. The predicted molar refractivity (Wildman–Crippen MR) is 122 cm³/mol. The summed E-state index contributed by atoms with van der Waals surface area (Å²) in [7, 11) is 0. The molecule has 2 aromatic heterocycles. The van der Waals surface area contributed by atoms with Crippen LogP contribution in [0.1, 0.15) is 42.6 Å². The van der Waals surface area contributed by atoms with Gasteiger partial charge < -0.3 is 25.6 Å². The molecule has 180 valence electrons. The molecule has 10 nitrogen and oxygen atoms in total. The van der Waals surface area contributed by atoms with Crippen LogP contribution in [0.25, 0.3) is 11.0 Å². The minimum absolute atomic E-state index is 0.0195. The molecule has 1 aliphatic carbocycles. The first kappa shape index (κ1) is 22.5. The van der Waals surface area contributed by atoms with Gasteiger partial charge in [0.1, 0.15) is 18.3 Å². The number of H-pyrrole nitrogens is 1. The summed E-state index contributed by atoms with van der Waals surface area (Å²) in [6.45, 7) is 0.292. The number of carbonyl (C=O) groups is 4. The largest absolute Gasteiger partial charge is 0.389 e. The van der Waals surface area contributed by atoms with Crippen molar-refractivity contribution in [3.63, 3.8) is 0 Å². The molecule has 0 radical (unpaired) electrons. The van der Waals surface area contributed by atoms with Crippen LogP contribution in [0.2, 0.25) is 0 Å². The van der Waals surface area contributed by atoms with E-state index in [4.69, 9.17) is 0 Å². The molecule has 3 aliphatic rings. The highest BCUT2D eigenvalue weighted by Gasteiger charge is 2.50. The van der Waals surface area contributed by atoms with Crippen LogP contribution >= 0.6 is 0 Å². The average molecular weight is 468 g/mol. The standard InChI is InChI=1S/C24H29N5O5/c30-12-20(31)18(9-13-6-8-26-22(13)32)28-23(33)21-15-4-1-3-14(15)11-29(21)24(34)19-10-17-16(27-19)5-2-7-25-17/h2,5,7,10,13-15,18,21,27,30H,1,3-4,6,8-9,11-12H2,(H,26,32)(H,28,33). The molecule has 5 atom stereocenters. The van der Waals surface area contributed by atoms with E-state index in [-0.39, 0.29) is 36.0 Å². The van der Waals surface area contributed by atoms with Crippen LogP contribution in [0, 0.1) is 17.8 Å². The summed E-state index contributed by atoms with van der Waals surface area (Å²) in [5, 5.41) is 15.0. The summed E-state index contributed by atoms with van der Waals surface area (Å²) in [5.74, 6) is -1.49. The Morgan fingerprint density at radius 1 is 1.26 bits per heavy atom. The molecule has 0 aromatic carbocycles. The Morgan fingerprint density at radius 2 is 2.12 bits per heavy atom. The van der Waals surface area contributed by atoms with Crippen molar-refractivity contribution in [2.75, 3.05) is 19.7 Å². The van der Waals surface area contributed by atoms with Crippen LogP contribution in [0.4, 0.5) is 0 Å². The summed E-state index contributed by atoms with van der Waals surface area (Å²) in [6.07, 6.45) is 5.16. The Morgan fingerprint density at radius 3 is 2.85 bits per heavy atom. The number of hydrogen-bond acceptors (Lipinski definition) is 6. The minimum atomic E-state index is -0.971. The van der Waals surface area contributed by atoms with Crippen LogP contribution < -0.4 is 10.6 Å². The van der Waals surface area contributed by atoms with E-state index in [0.717, 1.165) is 24.8 Å². The first-order valence-electron chi connectivity index (χ1n) is 11.9. The molecule has 0 spiro atoms. The molecule has 4 N–H and O–H groups in total. The first-order chi connectivity index (χ1) is 16.5. The second-order valence-electron chi connectivity index (χ2n) is 9.57. The number of fused-ring (bicyclic) bond motifs is 2. The number of Topliss-reactive ketones (excluding diaryl/α,β-unsaturated/α-hetero) is 1. The number of aliphatic hydroxyl groups is 1. The molecule has 2 aromatic rings. The van der Waals surface area contributed by atoms with Gasteiger partial charge in [0.2, 0.25) is 11.8 Å². The summed E-state index contributed by atoms with van der Waals surface area (Å²) in [6, 6.07) is 3.64. The van der Waals surface area contributed by atoms with E-state index in [9.17, 15) is 24.3 Å². The van der Waals surface area contributed by atoms with Crippen molar-refractivity contribution >= 4 is 34.5 Å². The maximum Gasteiger partial charge on any atom is 0.271 e. The highest BCUT2D eigenvalue weighted by molar-refractivity contribution is 6.01. The normalized spacial score (nSPS) is 27.0. The number of nitrogens with zero attached hydrogens (tertiary/aromatic N) is 2. The number of pyridine rings is 1. The van der Waals surface area contributed by atoms with Crippen molar-refractivity contribution in [3.05, 3.63) is 30.1 Å². The van der Waals surface area contributed by atoms with Gasteiger partial charge in [0.05, 0.1) is 17.1 Å². The Bertz CT molecular complexity index is 1100. The van der Waals surface area contributed by atoms with Crippen molar-refractivity contribution in [1.82, 2.24) is 25.5 Å². The molecular weight excluding hydrogens is 438 g/mol. The van der Waals surface area contributed by atoms with Crippen molar-refractivity contribution in [1.29, 1.82) is 0 Å². The highest BCUT2D eigenvalue weighted by Crippen LogP contribution is 2.43. The molecule has 5 rings (SSSR count). The molecule has 4 heterocycles. The molecule has 3 amide bonds. The number of rotatable bonds is 7. The molecule has 10 heteroatoms. The molecule has 1 saturated carbocycles. The van der Waals surface area contributed by atoms with Crippen LogP contribution in [-0.2, 0) is 14.4 Å². The lowest BCUT2D eigenvalue weighted by molar-refractivity contribution is -0.133. The van der Waals surface area contributed by atoms with Gasteiger partial charge in [0.25, 0.3) is 5.91 Å². The quantitative estimate of drug-likeness (QED) is 0.463. The van der Waals surface area contributed by atoms with Crippen molar-refractivity contribution in [2.24, 2.45) is 17.8 Å². The SMILES string of the molecule is O=C1NCCC1CC(NC(=O)C1C2CCCC2CN1C(=O)c1cc2ncccc2[nH]1)C(=O)CO. The number of ketones is 1. The first-order valence-corrected chi connectivity index (χ1v) is 11.9. The fourth-order valence-electron chi connectivity index (χ4n) is 5.87. The Labute approximate surface area is 196 Å². The van der Waals surface area contributed by atoms with Gasteiger partial charge in [-0.2, -0.15) is 0 Å². The molecule has 0 bridgehead atoms. The van der Waals surface area contributed by atoms with Crippen molar-refractivity contribution < 1.29 is 24.3 Å². The topological polar surface area (TPSA) is 144 Å². The zero-order chi connectivity index (χ0) is 23.8. The van der Waals surface area contributed by atoms with Gasteiger partial charge in [-0.25, -0.2) is 0 Å². The predicted octanol–water partition coefficient (Wildman–Crippen LogP) is 0.376. The van der Waals surface area contributed by atoms with Gasteiger partial charge in [0, 0.05) is 25.2 Å². The van der Waals surface area contributed by atoms with E-state index in [1.807, 2.05) is 6.07 Å². The second kappa shape index (κ2) is 9.17.